The summed E-state index contributed by atoms with van der Waals surface area (Å²) in [7, 11) is -1.73. The lowest BCUT2D eigenvalue weighted by atomic mass is 10.2. The Hall–Kier alpha value is -2.49. The minimum absolute atomic E-state index is 0.0785. The number of hydrogen-bond donors (Lipinski definition) is 2. The number of β-amino-alcohol motifs (C(OH)–C–C–N with tert-alkyl or cyclic N) is 1. The molecule has 0 spiro atoms. The van der Waals surface area contributed by atoms with E-state index in [1.165, 1.54) is 0 Å². The van der Waals surface area contributed by atoms with Gasteiger partial charge in [-0.15, -0.1) is 0 Å². The van der Waals surface area contributed by atoms with Crippen LogP contribution in [0.3, 0.4) is 0 Å². The summed E-state index contributed by atoms with van der Waals surface area (Å²) in [5.41, 5.74) is 1.44. The van der Waals surface area contributed by atoms with E-state index in [4.69, 9.17) is 9.47 Å². The molecule has 0 radical (unpaired) electrons. The molecule has 2 aromatic carbocycles. The van der Waals surface area contributed by atoms with E-state index in [9.17, 15) is 13.5 Å². The van der Waals surface area contributed by atoms with Gasteiger partial charge in [0.25, 0.3) is 0 Å². The fraction of sp³-hybridized carbons (Fsp3) is 0.429. The maximum atomic E-state index is 11.5. The van der Waals surface area contributed by atoms with Crippen LogP contribution in [0.5, 0.6) is 11.5 Å². The van der Waals surface area contributed by atoms with Gasteiger partial charge in [0.15, 0.2) is 0 Å². The number of hydrogen-bond acceptors (Lipinski definition) is 7. The Labute approximate surface area is 178 Å². The molecule has 8 nitrogen and oxygen atoms in total. The zero-order chi connectivity index (χ0) is 21.6. The molecular formula is C21H29N3O5S. The summed E-state index contributed by atoms with van der Waals surface area (Å²) in [4.78, 5) is 4.48. The monoisotopic (exact) mass is 435 g/mol. The van der Waals surface area contributed by atoms with E-state index >= 15 is 0 Å². The van der Waals surface area contributed by atoms with Gasteiger partial charge in [-0.25, -0.2) is 8.42 Å². The van der Waals surface area contributed by atoms with Crippen molar-refractivity contribution in [3.63, 3.8) is 0 Å². The van der Waals surface area contributed by atoms with Gasteiger partial charge >= 0.3 is 0 Å². The molecule has 2 aromatic rings. The van der Waals surface area contributed by atoms with Crippen molar-refractivity contribution in [1.29, 1.82) is 0 Å². The molecule has 1 fully saturated rings. The molecule has 0 saturated carbocycles. The maximum absolute atomic E-state index is 11.5. The molecule has 30 heavy (non-hydrogen) atoms. The number of methoxy groups -OCH3 is 1. The molecule has 1 saturated heterocycles. The normalized spacial score (nSPS) is 16.2. The second-order valence-electron chi connectivity index (χ2n) is 7.29. The smallest absolute Gasteiger partial charge is 0.229 e. The van der Waals surface area contributed by atoms with Gasteiger partial charge in [-0.05, 0) is 24.3 Å². The fourth-order valence-corrected chi connectivity index (χ4v) is 4.04. The minimum Gasteiger partial charge on any atom is -0.495 e. The topological polar surface area (TPSA) is 91.3 Å². The molecule has 1 aliphatic rings. The van der Waals surface area contributed by atoms with Crippen LogP contribution in [0, 0.1) is 0 Å². The van der Waals surface area contributed by atoms with E-state index in [1.54, 1.807) is 31.4 Å². The van der Waals surface area contributed by atoms with E-state index < -0.39 is 16.1 Å². The molecule has 0 aliphatic carbocycles. The average Bonchev–Trinajstić information content (AvgIpc) is 2.72. The van der Waals surface area contributed by atoms with Crippen LogP contribution in [0.2, 0.25) is 0 Å². The highest BCUT2D eigenvalue weighted by Gasteiger charge is 2.21. The molecule has 1 heterocycles. The van der Waals surface area contributed by atoms with Gasteiger partial charge < -0.3 is 19.5 Å². The molecular weight excluding hydrogens is 406 g/mol. The van der Waals surface area contributed by atoms with Crippen molar-refractivity contribution < 1.29 is 23.0 Å². The zero-order valence-electron chi connectivity index (χ0n) is 17.3. The van der Waals surface area contributed by atoms with Gasteiger partial charge in [0.1, 0.15) is 24.2 Å². The van der Waals surface area contributed by atoms with Crippen molar-refractivity contribution >= 4 is 21.4 Å². The van der Waals surface area contributed by atoms with E-state index in [2.05, 4.69) is 20.6 Å². The summed E-state index contributed by atoms with van der Waals surface area (Å²) >= 11 is 0. The summed E-state index contributed by atoms with van der Waals surface area (Å²) in [6.45, 7) is 3.89. The molecule has 0 bridgehead atoms. The first-order valence-corrected chi connectivity index (χ1v) is 11.7. The number of nitrogens with one attached hydrogen (secondary N) is 1. The third-order valence-electron chi connectivity index (χ3n) is 4.88. The van der Waals surface area contributed by atoms with E-state index in [0.29, 0.717) is 18.0 Å². The average molecular weight is 436 g/mol. The fourth-order valence-electron chi connectivity index (χ4n) is 3.48. The number of sulfonamides is 1. The van der Waals surface area contributed by atoms with E-state index in [-0.39, 0.29) is 6.61 Å². The van der Waals surface area contributed by atoms with Crippen molar-refractivity contribution in [2.24, 2.45) is 0 Å². The second-order valence-corrected chi connectivity index (χ2v) is 9.04. The highest BCUT2D eigenvalue weighted by molar-refractivity contribution is 7.92. The van der Waals surface area contributed by atoms with Crippen LogP contribution in [0.1, 0.15) is 0 Å². The number of nitrogens with zero attached hydrogens (tertiary/aromatic N) is 2. The highest BCUT2D eigenvalue weighted by atomic mass is 32.2. The third-order valence-corrected chi connectivity index (χ3v) is 5.47. The highest BCUT2D eigenvalue weighted by Crippen LogP contribution is 2.28. The van der Waals surface area contributed by atoms with Crippen LogP contribution in [-0.2, 0) is 10.0 Å². The molecule has 9 heteroatoms. The lowest BCUT2D eigenvalue weighted by Crippen LogP contribution is -2.49. The predicted molar refractivity (Wildman–Crippen MR) is 118 cm³/mol. The third kappa shape index (κ3) is 6.25. The number of aliphatic hydroxyl groups excluding tert-OH is 1. The Bertz CT molecular complexity index is 930. The molecule has 0 amide bonds. The number of piperazine rings is 1. The van der Waals surface area contributed by atoms with Crippen LogP contribution >= 0.6 is 0 Å². The number of benzene rings is 2. The Balaban J connectivity index is 1.48. The Morgan fingerprint density at radius 2 is 1.67 bits per heavy atom. The summed E-state index contributed by atoms with van der Waals surface area (Å²) in [6, 6.07) is 14.7. The number of rotatable bonds is 9. The molecule has 0 aromatic heterocycles. The first kappa shape index (κ1) is 22.2. The lowest BCUT2D eigenvalue weighted by Gasteiger charge is -2.37. The largest absolute Gasteiger partial charge is 0.495 e. The Morgan fingerprint density at radius 1 is 1.03 bits per heavy atom. The minimum atomic E-state index is -3.41. The van der Waals surface area contributed by atoms with Crippen LogP contribution < -0.4 is 19.1 Å². The van der Waals surface area contributed by atoms with Gasteiger partial charge in [-0.1, -0.05) is 24.3 Å². The van der Waals surface area contributed by atoms with Gasteiger partial charge in [-0.2, -0.15) is 0 Å². The number of anilines is 2. The maximum Gasteiger partial charge on any atom is 0.229 e. The van der Waals surface area contributed by atoms with Crippen molar-refractivity contribution in [3.05, 3.63) is 48.5 Å². The van der Waals surface area contributed by atoms with Crippen LogP contribution in [0.15, 0.2) is 48.5 Å². The summed E-state index contributed by atoms with van der Waals surface area (Å²) in [6.07, 6.45) is 0.401. The quantitative estimate of drug-likeness (QED) is 0.619. The summed E-state index contributed by atoms with van der Waals surface area (Å²) in [5, 5.41) is 10.4. The molecule has 1 unspecified atom stereocenters. The number of ether oxygens (including phenoxy) is 2. The molecule has 1 aliphatic heterocycles. The van der Waals surface area contributed by atoms with E-state index in [1.807, 2.05) is 18.2 Å². The SMILES string of the molecule is COc1ccccc1N1CCN(CC(O)COc2ccccc2NS(C)(=O)=O)CC1. The standard InChI is InChI=1S/C21H29N3O5S/c1-28-21-10-6-4-8-19(21)24-13-11-23(12-14-24)15-17(25)16-29-20-9-5-3-7-18(20)22-30(2,26)27/h3-10,17,22,25H,11-16H2,1-2H3. The van der Waals surface area contributed by atoms with Crippen molar-refractivity contribution in [3.8, 4) is 11.5 Å². The van der Waals surface area contributed by atoms with Crippen molar-refractivity contribution in [2.45, 2.75) is 6.10 Å². The summed E-state index contributed by atoms with van der Waals surface area (Å²) in [5.74, 6) is 1.25. The zero-order valence-corrected chi connectivity index (χ0v) is 18.1. The number of para-hydroxylation sites is 4. The van der Waals surface area contributed by atoms with Gasteiger partial charge in [0.05, 0.1) is 24.7 Å². The predicted octanol–water partition coefficient (Wildman–Crippen LogP) is 1.63. The molecule has 2 N–H and O–H groups in total. The number of aliphatic hydroxyl groups is 1. The lowest BCUT2D eigenvalue weighted by molar-refractivity contribution is 0.0665. The van der Waals surface area contributed by atoms with Crippen LogP contribution in [0.25, 0.3) is 0 Å². The molecule has 1 atom stereocenters. The molecule has 3 rings (SSSR count). The first-order valence-electron chi connectivity index (χ1n) is 9.84. The summed E-state index contributed by atoms with van der Waals surface area (Å²) < 4.78 is 36.5. The van der Waals surface area contributed by atoms with Gasteiger partial charge in [-0.3, -0.25) is 9.62 Å². The van der Waals surface area contributed by atoms with Gasteiger partial charge in [0.2, 0.25) is 10.0 Å². The van der Waals surface area contributed by atoms with Crippen LogP contribution in [-0.4, -0.2) is 77.2 Å². The first-order chi connectivity index (χ1) is 14.4. The van der Waals surface area contributed by atoms with Crippen LogP contribution in [0.4, 0.5) is 11.4 Å². The van der Waals surface area contributed by atoms with Gasteiger partial charge in [0, 0.05) is 32.7 Å². The van der Waals surface area contributed by atoms with Crippen molar-refractivity contribution in [1.82, 2.24) is 4.90 Å². The molecule has 164 valence electrons. The van der Waals surface area contributed by atoms with E-state index in [0.717, 1.165) is 43.9 Å². The Kier molecular flexibility index (Phi) is 7.41. The van der Waals surface area contributed by atoms with Crippen molar-refractivity contribution in [2.75, 3.05) is 62.3 Å². The Morgan fingerprint density at radius 3 is 2.33 bits per heavy atom. The second kappa shape index (κ2) is 10.0.